The van der Waals surface area contributed by atoms with E-state index in [1.165, 1.54) is 0 Å². The molecule has 0 rings (SSSR count). The fourth-order valence-corrected chi connectivity index (χ4v) is 1.80. The smallest absolute Gasteiger partial charge is 0.233 e. The molecule has 0 heterocycles. The van der Waals surface area contributed by atoms with Crippen LogP contribution in [0.4, 0.5) is 0 Å². The highest BCUT2D eigenvalue weighted by Gasteiger charge is 1.97. The lowest BCUT2D eigenvalue weighted by Crippen LogP contribution is -2.29. The number of nitrogens with zero attached hydrogens (tertiary/aromatic N) is 1. The van der Waals surface area contributed by atoms with E-state index >= 15 is 0 Å². The predicted molar refractivity (Wildman–Crippen MR) is 57.4 cm³/mol. The van der Waals surface area contributed by atoms with Crippen LogP contribution in [0, 0.1) is 0 Å². The summed E-state index contributed by atoms with van der Waals surface area (Å²) in [5.74, 6) is 7.02. The van der Waals surface area contributed by atoms with Crippen LogP contribution in [-0.4, -0.2) is 43.0 Å². The van der Waals surface area contributed by atoms with E-state index in [4.69, 9.17) is 5.84 Å². The van der Waals surface area contributed by atoms with Crippen LogP contribution in [0.5, 0.6) is 0 Å². The van der Waals surface area contributed by atoms with Gasteiger partial charge in [0.15, 0.2) is 0 Å². The Morgan fingerprint density at radius 3 is 2.69 bits per heavy atom. The minimum Gasteiger partial charge on any atom is -0.309 e. The number of thioether (sulfide) groups is 1. The fourth-order valence-electron chi connectivity index (χ4n) is 0.756. The van der Waals surface area contributed by atoms with E-state index in [1.807, 2.05) is 11.8 Å². The number of hydrazine groups is 1. The molecule has 3 N–H and O–H groups in total. The molecule has 0 aliphatic heterocycles. The first-order valence-corrected chi connectivity index (χ1v) is 5.54. The zero-order valence-corrected chi connectivity index (χ0v) is 9.19. The van der Waals surface area contributed by atoms with Gasteiger partial charge in [0, 0.05) is 18.7 Å². The molecule has 0 atom stereocenters. The summed E-state index contributed by atoms with van der Waals surface area (Å²) in [5, 5.41) is 0. The number of amides is 1. The van der Waals surface area contributed by atoms with Gasteiger partial charge in [0.1, 0.15) is 0 Å². The monoisotopic (exact) mass is 205 g/mol. The summed E-state index contributed by atoms with van der Waals surface area (Å²) in [5.41, 5.74) is 2.12. The van der Waals surface area contributed by atoms with E-state index in [9.17, 15) is 4.79 Å². The van der Waals surface area contributed by atoms with E-state index in [2.05, 4.69) is 24.4 Å². The minimum absolute atomic E-state index is 0.0757. The van der Waals surface area contributed by atoms with Crippen LogP contribution in [0.3, 0.4) is 0 Å². The van der Waals surface area contributed by atoms with Gasteiger partial charge < -0.3 is 4.90 Å². The zero-order chi connectivity index (χ0) is 10.1. The van der Waals surface area contributed by atoms with Gasteiger partial charge in [-0.1, -0.05) is 0 Å². The van der Waals surface area contributed by atoms with Crippen molar-refractivity contribution in [2.75, 3.05) is 32.1 Å². The van der Waals surface area contributed by atoms with Crippen molar-refractivity contribution in [3.63, 3.8) is 0 Å². The van der Waals surface area contributed by atoms with E-state index in [-0.39, 0.29) is 5.91 Å². The van der Waals surface area contributed by atoms with Gasteiger partial charge in [-0.25, -0.2) is 5.84 Å². The van der Waals surface area contributed by atoms with Crippen LogP contribution in [-0.2, 0) is 4.79 Å². The molecule has 78 valence electrons. The zero-order valence-electron chi connectivity index (χ0n) is 8.38. The topological polar surface area (TPSA) is 58.4 Å². The second-order valence-corrected chi connectivity index (χ2v) is 4.31. The molecule has 0 aliphatic carbocycles. The first kappa shape index (κ1) is 12.7. The maximum atomic E-state index is 10.7. The first-order chi connectivity index (χ1) is 6.16. The molecule has 0 saturated carbocycles. The maximum Gasteiger partial charge on any atom is 0.233 e. The van der Waals surface area contributed by atoms with Crippen molar-refractivity contribution in [3.05, 3.63) is 0 Å². The summed E-state index contributed by atoms with van der Waals surface area (Å²) in [6.07, 6.45) is 1.44. The SMILES string of the molecule is CN(C)CCSCCCC(=O)NN. The molecule has 1 amide bonds. The van der Waals surface area contributed by atoms with Gasteiger partial charge >= 0.3 is 0 Å². The first-order valence-electron chi connectivity index (χ1n) is 4.38. The van der Waals surface area contributed by atoms with Crippen molar-refractivity contribution in [2.24, 2.45) is 5.84 Å². The lowest BCUT2D eigenvalue weighted by molar-refractivity contribution is -0.121. The van der Waals surface area contributed by atoms with Gasteiger partial charge in [-0.05, 0) is 26.3 Å². The summed E-state index contributed by atoms with van der Waals surface area (Å²) in [4.78, 5) is 12.9. The summed E-state index contributed by atoms with van der Waals surface area (Å²) in [6, 6.07) is 0. The molecular formula is C8H19N3OS. The fraction of sp³-hybridized carbons (Fsp3) is 0.875. The van der Waals surface area contributed by atoms with Crippen molar-refractivity contribution in [1.29, 1.82) is 0 Å². The predicted octanol–water partition coefficient (Wildman–Crippen LogP) is 0.0513. The van der Waals surface area contributed by atoms with Crippen molar-refractivity contribution in [3.8, 4) is 0 Å². The molecular weight excluding hydrogens is 186 g/mol. The molecule has 0 unspecified atom stereocenters. The van der Waals surface area contributed by atoms with E-state index in [0.717, 1.165) is 24.5 Å². The molecule has 0 aliphatic rings. The summed E-state index contributed by atoms with van der Waals surface area (Å²) in [7, 11) is 4.12. The van der Waals surface area contributed by atoms with Crippen molar-refractivity contribution >= 4 is 17.7 Å². The average molecular weight is 205 g/mol. The Bertz CT molecular complexity index is 141. The molecule has 13 heavy (non-hydrogen) atoms. The highest BCUT2D eigenvalue weighted by atomic mass is 32.2. The number of carbonyl (C=O) groups is 1. The van der Waals surface area contributed by atoms with Crippen LogP contribution >= 0.6 is 11.8 Å². The van der Waals surface area contributed by atoms with Gasteiger partial charge in [-0.3, -0.25) is 10.2 Å². The Morgan fingerprint density at radius 2 is 2.15 bits per heavy atom. The Kier molecular flexibility index (Phi) is 8.18. The van der Waals surface area contributed by atoms with Crippen molar-refractivity contribution in [1.82, 2.24) is 10.3 Å². The Hall–Kier alpha value is -0.260. The van der Waals surface area contributed by atoms with Crippen molar-refractivity contribution < 1.29 is 4.79 Å². The van der Waals surface area contributed by atoms with Crippen LogP contribution in [0.1, 0.15) is 12.8 Å². The Morgan fingerprint density at radius 1 is 1.46 bits per heavy atom. The molecule has 0 aromatic heterocycles. The average Bonchev–Trinajstić information content (AvgIpc) is 2.10. The number of nitrogens with two attached hydrogens (primary N) is 1. The van der Waals surface area contributed by atoms with Gasteiger partial charge in [-0.2, -0.15) is 11.8 Å². The molecule has 0 aromatic carbocycles. The Labute approximate surface area is 84.2 Å². The lowest BCUT2D eigenvalue weighted by atomic mass is 10.3. The molecule has 4 nitrogen and oxygen atoms in total. The maximum absolute atomic E-state index is 10.7. The molecule has 0 saturated heterocycles. The van der Waals surface area contributed by atoms with Gasteiger partial charge in [0.25, 0.3) is 0 Å². The van der Waals surface area contributed by atoms with Crippen LogP contribution in [0.15, 0.2) is 0 Å². The number of carbonyl (C=O) groups excluding carboxylic acids is 1. The molecule has 5 heteroatoms. The third kappa shape index (κ3) is 9.66. The number of rotatable bonds is 7. The third-order valence-corrected chi connectivity index (χ3v) is 2.58. The van der Waals surface area contributed by atoms with Crippen LogP contribution in [0.25, 0.3) is 0 Å². The van der Waals surface area contributed by atoms with Crippen molar-refractivity contribution in [2.45, 2.75) is 12.8 Å². The largest absolute Gasteiger partial charge is 0.309 e. The second-order valence-electron chi connectivity index (χ2n) is 3.09. The van der Waals surface area contributed by atoms with Gasteiger partial charge in [0.05, 0.1) is 0 Å². The van der Waals surface area contributed by atoms with Gasteiger partial charge in [0.2, 0.25) is 5.91 Å². The molecule has 0 fully saturated rings. The number of hydrogen-bond acceptors (Lipinski definition) is 4. The molecule has 0 spiro atoms. The third-order valence-electron chi connectivity index (χ3n) is 1.54. The highest BCUT2D eigenvalue weighted by Crippen LogP contribution is 2.04. The summed E-state index contributed by atoms with van der Waals surface area (Å²) in [6.45, 7) is 1.09. The number of nitrogens with one attached hydrogen (secondary N) is 1. The highest BCUT2D eigenvalue weighted by molar-refractivity contribution is 7.99. The standard InChI is InChI=1S/C8H19N3OS/c1-11(2)5-7-13-6-3-4-8(12)10-9/h3-7,9H2,1-2H3,(H,10,12). The van der Waals surface area contributed by atoms with E-state index < -0.39 is 0 Å². The molecule has 0 aromatic rings. The number of hydrogen-bond donors (Lipinski definition) is 2. The lowest BCUT2D eigenvalue weighted by Gasteiger charge is -2.08. The minimum atomic E-state index is -0.0757. The van der Waals surface area contributed by atoms with Crippen LogP contribution < -0.4 is 11.3 Å². The van der Waals surface area contributed by atoms with E-state index in [0.29, 0.717) is 6.42 Å². The molecule has 0 bridgehead atoms. The van der Waals surface area contributed by atoms with E-state index in [1.54, 1.807) is 0 Å². The van der Waals surface area contributed by atoms with Crippen LogP contribution in [0.2, 0.25) is 0 Å². The Balaban J connectivity index is 3.04. The van der Waals surface area contributed by atoms with Gasteiger partial charge in [-0.15, -0.1) is 0 Å². The quantitative estimate of drug-likeness (QED) is 0.267. The summed E-state index contributed by atoms with van der Waals surface area (Å²) < 4.78 is 0. The summed E-state index contributed by atoms with van der Waals surface area (Å²) >= 11 is 1.87. The molecule has 0 radical (unpaired) electrons. The second kappa shape index (κ2) is 8.34. The normalized spacial score (nSPS) is 10.5.